The zero-order valence-corrected chi connectivity index (χ0v) is 16.8. The Kier molecular flexibility index (Phi) is 5.50. The van der Waals surface area contributed by atoms with Crippen LogP contribution in [0.5, 0.6) is 0 Å². The van der Waals surface area contributed by atoms with E-state index in [0.29, 0.717) is 23.8 Å². The van der Waals surface area contributed by atoms with Crippen molar-refractivity contribution in [3.05, 3.63) is 51.3 Å². The second-order valence-corrected chi connectivity index (χ2v) is 8.11. The molecular formula is C20H22N4O3S. The molecule has 3 aromatic rings. The zero-order valence-electron chi connectivity index (χ0n) is 16.0. The van der Waals surface area contributed by atoms with E-state index in [1.54, 1.807) is 24.3 Å². The summed E-state index contributed by atoms with van der Waals surface area (Å²) in [6.07, 6.45) is 4.79. The van der Waals surface area contributed by atoms with Crippen LogP contribution < -0.4 is 0 Å². The Morgan fingerprint density at radius 1 is 1.18 bits per heavy atom. The summed E-state index contributed by atoms with van der Waals surface area (Å²) in [5.74, 6) is 0.686. The first kappa shape index (κ1) is 18.8. The Morgan fingerprint density at radius 2 is 1.96 bits per heavy atom. The highest BCUT2D eigenvalue weighted by Gasteiger charge is 2.17. The van der Waals surface area contributed by atoms with Gasteiger partial charge in [-0.2, -0.15) is 4.98 Å². The summed E-state index contributed by atoms with van der Waals surface area (Å²) in [5, 5.41) is 5.20. The van der Waals surface area contributed by atoms with Gasteiger partial charge >= 0.3 is 5.97 Å². The third-order valence-electron chi connectivity index (χ3n) is 4.73. The predicted octanol–water partition coefficient (Wildman–Crippen LogP) is 3.49. The molecule has 0 spiro atoms. The molecule has 0 saturated carbocycles. The van der Waals surface area contributed by atoms with Crippen molar-refractivity contribution in [2.75, 3.05) is 14.2 Å². The van der Waals surface area contributed by atoms with Gasteiger partial charge in [-0.15, -0.1) is 11.3 Å². The first-order valence-electron chi connectivity index (χ1n) is 9.29. The largest absolute Gasteiger partial charge is 0.465 e. The second-order valence-electron chi connectivity index (χ2n) is 6.94. The molecule has 0 amide bonds. The van der Waals surface area contributed by atoms with Crippen LogP contribution >= 0.6 is 11.3 Å². The van der Waals surface area contributed by atoms with E-state index in [1.807, 2.05) is 18.4 Å². The van der Waals surface area contributed by atoms with E-state index in [4.69, 9.17) is 14.2 Å². The Balaban J connectivity index is 1.38. The summed E-state index contributed by atoms with van der Waals surface area (Å²) in [4.78, 5) is 24.4. The van der Waals surface area contributed by atoms with Gasteiger partial charge in [0.25, 0.3) is 0 Å². The first-order chi connectivity index (χ1) is 13.6. The van der Waals surface area contributed by atoms with Gasteiger partial charge in [-0.25, -0.2) is 9.78 Å². The predicted molar refractivity (Wildman–Crippen MR) is 105 cm³/mol. The van der Waals surface area contributed by atoms with E-state index in [0.717, 1.165) is 23.5 Å². The van der Waals surface area contributed by atoms with Gasteiger partial charge < -0.3 is 9.26 Å². The second kappa shape index (κ2) is 8.20. The number of methoxy groups -OCH3 is 1. The number of thiazole rings is 1. The molecule has 146 valence electrons. The molecule has 0 fully saturated rings. The molecule has 2 aromatic heterocycles. The summed E-state index contributed by atoms with van der Waals surface area (Å²) < 4.78 is 10.1. The lowest BCUT2D eigenvalue weighted by Crippen LogP contribution is -2.17. The number of hydrogen-bond donors (Lipinski definition) is 0. The number of aromatic nitrogens is 3. The van der Waals surface area contributed by atoms with Crippen LogP contribution in [0.1, 0.15) is 44.7 Å². The summed E-state index contributed by atoms with van der Waals surface area (Å²) in [5.41, 5.74) is 2.56. The van der Waals surface area contributed by atoms with E-state index in [9.17, 15) is 4.79 Å². The lowest BCUT2D eigenvalue weighted by atomic mass is 10.0. The lowest BCUT2D eigenvalue weighted by Gasteiger charge is -2.11. The molecule has 0 unspecified atom stereocenters. The average Bonchev–Trinajstić information content (AvgIpc) is 3.33. The highest BCUT2D eigenvalue weighted by Crippen LogP contribution is 2.27. The molecule has 0 atom stereocenters. The molecule has 1 aliphatic rings. The highest BCUT2D eigenvalue weighted by molar-refractivity contribution is 7.11. The van der Waals surface area contributed by atoms with Gasteiger partial charge in [-0.1, -0.05) is 17.3 Å². The van der Waals surface area contributed by atoms with Crippen molar-refractivity contribution < 1.29 is 14.1 Å². The maximum absolute atomic E-state index is 11.5. The fourth-order valence-corrected chi connectivity index (χ4v) is 4.54. The fraction of sp³-hybridized carbons (Fsp3) is 0.400. The van der Waals surface area contributed by atoms with Crippen LogP contribution in [0.2, 0.25) is 0 Å². The molecule has 0 aliphatic heterocycles. The number of benzene rings is 1. The van der Waals surface area contributed by atoms with E-state index in [-0.39, 0.29) is 5.97 Å². The number of nitrogens with zero attached hydrogens (tertiary/aromatic N) is 4. The standard InChI is InChI=1S/C20H22N4O3S/c1-24(12-18-21-15-5-3-4-6-16(15)28-18)11-17-22-19(23-27-17)13-7-9-14(10-8-13)20(25)26-2/h7-10H,3-6,11-12H2,1-2H3. The number of rotatable bonds is 6. The van der Waals surface area contributed by atoms with Crippen LogP contribution in [0.4, 0.5) is 0 Å². The Labute approximate surface area is 167 Å². The quantitative estimate of drug-likeness (QED) is 0.588. The van der Waals surface area contributed by atoms with Crippen LogP contribution in [0.3, 0.4) is 0 Å². The van der Waals surface area contributed by atoms with Gasteiger partial charge in [-0.05, 0) is 44.9 Å². The third-order valence-corrected chi connectivity index (χ3v) is 5.87. The Morgan fingerprint density at radius 3 is 2.71 bits per heavy atom. The lowest BCUT2D eigenvalue weighted by molar-refractivity contribution is 0.0600. The molecule has 0 radical (unpaired) electrons. The van der Waals surface area contributed by atoms with Gasteiger partial charge in [0, 0.05) is 10.4 Å². The average molecular weight is 398 g/mol. The number of ether oxygens (including phenoxy) is 1. The van der Waals surface area contributed by atoms with Crippen molar-refractivity contribution in [1.29, 1.82) is 0 Å². The van der Waals surface area contributed by atoms with Crippen molar-refractivity contribution >= 4 is 17.3 Å². The minimum absolute atomic E-state index is 0.370. The molecule has 8 heteroatoms. The van der Waals surface area contributed by atoms with Gasteiger partial charge in [-0.3, -0.25) is 4.90 Å². The number of esters is 1. The van der Waals surface area contributed by atoms with Crippen LogP contribution in [-0.2, 0) is 30.7 Å². The normalized spacial score (nSPS) is 13.5. The number of hydrogen-bond acceptors (Lipinski definition) is 8. The molecule has 0 saturated heterocycles. The highest BCUT2D eigenvalue weighted by atomic mass is 32.1. The molecule has 2 heterocycles. The van der Waals surface area contributed by atoms with Crippen molar-refractivity contribution in [3.63, 3.8) is 0 Å². The Hall–Kier alpha value is -2.58. The van der Waals surface area contributed by atoms with Gasteiger partial charge in [0.05, 0.1) is 31.5 Å². The van der Waals surface area contributed by atoms with E-state index in [2.05, 4.69) is 15.0 Å². The summed E-state index contributed by atoms with van der Waals surface area (Å²) in [6.45, 7) is 1.32. The molecule has 4 rings (SSSR count). The number of carbonyl (C=O) groups excluding carboxylic acids is 1. The maximum atomic E-state index is 11.5. The van der Waals surface area contributed by atoms with Crippen molar-refractivity contribution in [2.45, 2.75) is 38.8 Å². The number of fused-ring (bicyclic) bond motifs is 1. The molecule has 28 heavy (non-hydrogen) atoms. The first-order valence-corrected chi connectivity index (χ1v) is 10.1. The Bertz CT molecular complexity index is 941. The molecule has 0 bridgehead atoms. The minimum Gasteiger partial charge on any atom is -0.465 e. The van der Waals surface area contributed by atoms with E-state index in [1.165, 1.54) is 36.9 Å². The summed E-state index contributed by atoms with van der Waals surface area (Å²) >= 11 is 1.82. The van der Waals surface area contributed by atoms with Gasteiger partial charge in [0.15, 0.2) is 0 Å². The molecule has 1 aromatic carbocycles. The SMILES string of the molecule is COC(=O)c1ccc(-c2noc(CN(C)Cc3nc4c(s3)CCCC4)n2)cc1. The van der Waals surface area contributed by atoms with Crippen LogP contribution in [-0.4, -0.2) is 40.2 Å². The monoisotopic (exact) mass is 398 g/mol. The topological polar surface area (TPSA) is 81.4 Å². The smallest absolute Gasteiger partial charge is 0.337 e. The molecule has 7 nitrogen and oxygen atoms in total. The number of carbonyl (C=O) groups is 1. The van der Waals surface area contributed by atoms with E-state index >= 15 is 0 Å². The summed E-state index contributed by atoms with van der Waals surface area (Å²) in [6, 6.07) is 6.94. The van der Waals surface area contributed by atoms with Crippen molar-refractivity contribution in [1.82, 2.24) is 20.0 Å². The van der Waals surface area contributed by atoms with Gasteiger partial charge in [0.1, 0.15) is 5.01 Å². The minimum atomic E-state index is -0.370. The van der Waals surface area contributed by atoms with Crippen LogP contribution in [0.25, 0.3) is 11.4 Å². The summed E-state index contributed by atoms with van der Waals surface area (Å²) in [7, 11) is 3.38. The van der Waals surface area contributed by atoms with Crippen LogP contribution in [0, 0.1) is 0 Å². The van der Waals surface area contributed by atoms with Crippen LogP contribution in [0.15, 0.2) is 28.8 Å². The van der Waals surface area contributed by atoms with Crippen molar-refractivity contribution in [3.8, 4) is 11.4 Å². The third kappa shape index (κ3) is 4.13. The fourth-order valence-electron chi connectivity index (χ4n) is 3.30. The number of aryl methyl sites for hydroxylation is 2. The zero-order chi connectivity index (χ0) is 19.5. The van der Waals surface area contributed by atoms with E-state index < -0.39 is 0 Å². The van der Waals surface area contributed by atoms with Gasteiger partial charge in [0.2, 0.25) is 11.7 Å². The molecular weight excluding hydrogens is 376 g/mol. The van der Waals surface area contributed by atoms with Crippen molar-refractivity contribution in [2.24, 2.45) is 0 Å². The molecule has 0 N–H and O–H groups in total. The molecule has 1 aliphatic carbocycles. The maximum Gasteiger partial charge on any atom is 0.337 e.